The summed E-state index contributed by atoms with van der Waals surface area (Å²) in [5.74, 6) is -0.658. The van der Waals surface area contributed by atoms with Crippen molar-refractivity contribution in [1.29, 1.82) is 0 Å². The van der Waals surface area contributed by atoms with E-state index in [2.05, 4.69) is 0 Å². The van der Waals surface area contributed by atoms with Crippen molar-refractivity contribution in [2.24, 2.45) is 0 Å². The van der Waals surface area contributed by atoms with E-state index in [1.54, 1.807) is 4.90 Å². The smallest absolute Gasteiger partial charge is 0.238 e. The van der Waals surface area contributed by atoms with Crippen LogP contribution in [0.4, 0.5) is 20.4 Å². The van der Waals surface area contributed by atoms with Crippen LogP contribution in [0.15, 0.2) is 47.4 Å². The lowest BCUT2D eigenvalue weighted by atomic mass is 10.3. The van der Waals surface area contributed by atoms with Crippen LogP contribution in [-0.4, -0.2) is 41.8 Å². The van der Waals surface area contributed by atoms with Crippen molar-refractivity contribution < 1.29 is 13.6 Å². The van der Waals surface area contributed by atoms with E-state index in [4.69, 9.17) is 9.97 Å². The highest BCUT2D eigenvalue weighted by Crippen LogP contribution is 2.31. The summed E-state index contributed by atoms with van der Waals surface area (Å²) >= 11 is 1.17. The second kappa shape index (κ2) is 7.71. The number of fused-ring (bicyclic) bond motifs is 2. The maximum atomic E-state index is 13.4. The van der Waals surface area contributed by atoms with E-state index in [9.17, 15) is 13.6 Å². The Hall–Kier alpha value is -2.74. The van der Waals surface area contributed by atoms with Crippen LogP contribution in [0.5, 0.6) is 0 Å². The highest BCUT2D eigenvalue weighted by molar-refractivity contribution is 8.00. The van der Waals surface area contributed by atoms with Gasteiger partial charge in [0, 0.05) is 25.0 Å². The summed E-state index contributed by atoms with van der Waals surface area (Å²) in [4.78, 5) is 26.5. The third kappa shape index (κ3) is 3.64. The van der Waals surface area contributed by atoms with Crippen LogP contribution in [0.25, 0.3) is 11.0 Å². The lowest BCUT2D eigenvalue weighted by Crippen LogP contribution is -2.33. The average Bonchev–Trinajstić information content (AvgIpc) is 2.86. The molecule has 28 heavy (non-hydrogen) atoms. The molecule has 0 aliphatic carbocycles. The van der Waals surface area contributed by atoms with Gasteiger partial charge in [0.2, 0.25) is 5.91 Å². The van der Waals surface area contributed by atoms with E-state index >= 15 is 0 Å². The molecular formula is C20H18F2N4OS. The van der Waals surface area contributed by atoms with Gasteiger partial charge in [-0.2, -0.15) is 0 Å². The highest BCUT2D eigenvalue weighted by Gasteiger charge is 2.26. The number of para-hydroxylation sites is 2. The number of anilines is 2. The summed E-state index contributed by atoms with van der Waals surface area (Å²) in [6, 6.07) is 11.2. The summed E-state index contributed by atoms with van der Waals surface area (Å²) in [6.07, 6.45) is 0.784. The first kappa shape index (κ1) is 18.6. The second-order valence-corrected chi connectivity index (χ2v) is 7.59. The van der Waals surface area contributed by atoms with Crippen LogP contribution >= 0.6 is 11.8 Å². The molecule has 0 atom stereocenters. The second-order valence-electron chi connectivity index (χ2n) is 6.54. The Kier molecular flexibility index (Phi) is 5.13. The van der Waals surface area contributed by atoms with E-state index in [1.807, 2.05) is 36.2 Å². The van der Waals surface area contributed by atoms with Crippen LogP contribution in [0.2, 0.25) is 0 Å². The van der Waals surface area contributed by atoms with E-state index < -0.39 is 11.6 Å². The van der Waals surface area contributed by atoms with Gasteiger partial charge in [-0.25, -0.2) is 18.7 Å². The minimum atomic E-state index is -0.920. The minimum absolute atomic E-state index is 0.0999. The zero-order valence-corrected chi connectivity index (χ0v) is 16.0. The number of aromatic nitrogens is 2. The third-order valence-corrected chi connectivity index (χ3v) is 5.56. The molecule has 1 aliphatic rings. The van der Waals surface area contributed by atoms with Crippen LogP contribution in [0, 0.1) is 11.6 Å². The Bertz CT molecular complexity index is 1050. The fourth-order valence-corrected chi connectivity index (χ4v) is 3.93. The van der Waals surface area contributed by atoms with Gasteiger partial charge in [0.25, 0.3) is 0 Å². The van der Waals surface area contributed by atoms with Crippen LogP contribution in [0.1, 0.15) is 6.42 Å². The number of hydrogen-bond donors (Lipinski definition) is 0. The average molecular weight is 400 g/mol. The standard InChI is InChI=1S/C20H18F2N4OS/c1-25-9-4-10-26(18(27)12-28-13-7-8-14(21)15(22)11-13)20-19(25)23-16-5-2-3-6-17(16)24-20/h2-3,5-8,11H,4,9-10,12H2,1H3. The van der Waals surface area contributed by atoms with Gasteiger partial charge < -0.3 is 4.90 Å². The molecule has 0 fully saturated rings. The topological polar surface area (TPSA) is 49.3 Å². The molecule has 1 amide bonds. The normalized spacial score (nSPS) is 14.1. The van der Waals surface area contributed by atoms with Crippen molar-refractivity contribution in [2.45, 2.75) is 11.3 Å². The molecule has 3 aromatic rings. The monoisotopic (exact) mass is 400 g/mol. The predicted octanol–water partition coefficient (Wildman–Crippen LogP) is 3.87. The fraction of sp³-hybridized carbons (Fsp3) is 0.250. The minimum Gasteiger partial charge on any atom is -0.357 e. The Balaban J connectivity index is 1.61. The Morgan fingerprint density at radius 1 is 1.04 bits per heavy atom. The highest BCUT2D eigenvalue weighted by atomic mass is 32.2. The summed E-state index contributed by atoms with van der Waals surface area (Å²) in [5.41, 5.74) is 1.50. The summed E-state index contributed by atoms with van der Waals surface area (Å²) in [5, 5.41) is 0. The third-order valence-electron chi connectivity index (χ3n) is 4.58. The number of halogens is 2. The molecule has 0 unspecified atom stereocenters. The molecule has 2 heterocycles. The number of benzene rings is 2. The lowest BCUT2D eigenvalue weighted by molar-refractivity contribution is -0.116. The van der Waals surface area contributed by atoms with Gasteiger partial charge in [-0.15, -0.1) is 11.8 Å². The van der Waals surface area contributed by atoms with Crippen molar-refractivity contribution in [1.82, 2.24) is 9.97 Å². The van der Waals surface area contributed by atoms with Gasteiger partial charge >= 0.3 is 0 Å². The number of nitrogens with zero attached hydrogens (tertiary/aromatic N) is 4. The molecule has 4 rings (SSSR count). The Morgan fingerprint density at radius 3 is 2.46 bits per heavy atom. The largest absolute Gasteiger partial charge is 0.357 e. The molecule has 8 heteroatoms. The van der Waals surface area contributed by atoms with Crippen molar-refractivity contribution in [2.75, 3.05) is 35.7 Å². The SMILES string of the molecule is CN1CCCN(C(=O)CSc2ccc(F)c(F)c2)c2nc3ccccc3nc21. The predicted molar refractivity (Wildman–Crippen MR) is 107 cm³/mol. The molecule has 2 aromatic carbocycles. The molecule has 1 aromatic heterocycles. The maximum Gasteiger partial charge on any atom is 0.238 e. The van der Waals surface area contributed by atoms with E-state index in [0.717, 1.165) is 36.1 Å². The van der Waals surface area contributed by atoms with Crippen LogP contribution in [0.3, 0.4) is 0 Å². The molecule has 0 saturated heterocycles. The van der Waals surface area contributed by atoms with Gasteiger partial charge in [0.1, 0.15) is 0 Å². The van der Waals surface area contributed by atoms with E-state index in [0.29, 0.717) is 23.1 Å². The molecular weight excluding hydrogens is 382 g/mol. The molecule has 0 spiro atoms. The Labute approximate surface area is 165 Å². The van der Waals surface area contributed by atoms with Gasteiger partial charge in [-0.05, 0) is 36.8 Å². The zero-order valence-electron chi connectivity index (χ0n) is 15.2. The van der Waals surface area contributed by atoms with Gasteiger partial charge in [-0.1, -0.05) is 12.1 Å². The molecule has 0 N–H and O–H groups in total. The van der Waals surface area contributed by atoms with Crippen molar-refractivity contribution in [3.63, 3.8) is 0 Å². The quantitative estimate of drug-likeness (QED) is 0.625. The summed E-state index contributed by atoms with van der Waals surface area (Å²) in [6.45, 7) is 1.29. The van der Waals surface area contributed by atoms with Crippen molar-refractivity contribution in [3.8, 4) is 0 Å². The zero-order chi connectivity index (χ0) is 19.7. The molecule has 5 nitrogen and oxygen atoms in total. The van der Waals surface area contributed by atoms with Gasteiger partial charge in [0.15, 0.2) is 23.3 Å². The molecule has 0 bridgehead atoms. The van der Waals surface area contributed by atoms with Crippen LogP contribution in [-0.2, 0) is 4.79 Å². The molecule has 1 aliphatic heterocycles. The van der Waals surface area contributed by atoms with Gasteiger partial charge in [0.05, 0.1) is 16.8 Å². The number of carbonyl (C=O) groups is 1. The number of thioether (sulfide) groups is 1. The Morgan fingerprint density at radius 2 is 1.75 bits per heavy atom. The molecule has 144 valence electrons. The fourth-order valence-electron chi connectivity index (χ4n) is 3.13. The van der Waals surface area contributed by atoms with Crippen LogP contribution < -0.4 is 9.80 Å². The van der Waals surface area contributed by atoms with E-state index in [1.165, 1.54) is 17.8 Å². The van der Waals surface area contributed by atoms with E-state index in [-0.39, 0.29) is 11.7 Å². The molecule has 0 radical (unpaired) electrons. The van der Waals surface area contributed by atoms with Crippen molar-refractivity contribution in [3.05, 3.63) is 54.1 Å². The van der Waals surface area contributed by atoms with Gasteiger partial charge in [-0.3, -0.25) is 9.69 Å². The number of carbonyl (C=O) groups excluding carboxylic acids is 1. The summed E-state index contributed by atoms with van der Waals surface area (Å²) < 4.78 is 26.5. The molecule has 0 saturated carbocycles. The maximum absolute atomic E-state index is 13.4. The van der Waals surface area contributed by atoms with Crippen molar-refractivity contribution >= 4 is 40.3 Å². The first-order chi connectivity index (χ1) is 13.5. The lowest BCUT2D eigenvalue weighted by Gasteiger charge is -2.22. The summed E-state index contributed by atoms with van der Waals surface area (Å²) in [7, 11) is 1.94. The number of amides is 1. The number of rotatable bonds is 3. The number of hydrogen-bond acceptors (Lipinski definition) is 5. The first-order valence-corrected chi connectivity index (χ1v) is 9.87. The first-order valence-electron chi connectivity index (χ1n) is 8.89.